The summed E-state index contributed by atoms with van der Waals surface area (Å²) in [6.45, 7) is 2.55. The Labute approximate surface area is 130 Å². The lowest BCUT2D eigenvalue weighted by Gasteiger charge is -2.26. The number of carbonyl (C=O) groups is 1. The molecule has 0 atom stereocenters. The van der Waals surface area contributed by atoms with Crippen molar-refractivity contribution in [2.24, 2.45) is 0 Å². The molecule has 1 aliphatic heterocycles. The quantitative estimate of drug-likeness (QED) is 0.779. The van der Waals surface area contributed by atoms with E-state index in [1.165, 1.54) is 16.6 Å². The Bertz CT molecular complexity index is 579. The summed E-state index contributed by atoms with van der Waals surface area (Å²) in [4.78, 5) is 15.0. The van der Waals surface area contributed by atoms with Gasteiger partial charge in [0.05, 0.1) is 25.4 Å². The van der Waals surface area contributed by atoms with Crippen molar-refractivity contribution in [3.8, 4) is 0 Å². The molecule has 0 N–H and O–H groups in total. The molecule has 0 saturated carbocycles. The summed E-state index contributed by atoms with van der Waals surface area (Å²) in [5, 5.41) is 10.4. The third-order valence-corrected chi connectivity index (χ3v) is 4.72. The van der Waals surface area contributed by atoms with Gasteiger partial charge in [-0.05, 0) is 11.4 Å². The van der Waals surface area contributed by atoms with E-state index in [1.807, 2.05) is 17.5 Å². The lowest BCUT2D eigenvalue weighted by atomic mass is 10.3. The molecule has 2 aromatic rings. The number of amides is 1. The molecule has 1 aliphatic rings. The minimum Gasteiger partial charge on any atom is -0.416 e. The summed E-state index contributed by atoms with van der Waals surface area (Å²) in [6, 6.07) is 4.02. The minimum absolute atomic E-state index is 0.0845. The molecule has 8 heteroatoms. The zero-order valence-electron chi connectivity index (χ0n) is 11.4. The van der Waals surface area contributed by atoms with Crippen LogP contribution >= 0.6 is 23.1 Å². The largest absolute Gasteiger partial charge is 0.416 e. The lowest BCUT2D eigenvalue weighted by Crippen LogP contribution is -2.41. The van der Waals surface area contributed by atoms with Crippen molar-refractivity contribution in [3.63, 3.8) is 0 Å². The molecule has 0 radical (unpaired) electrons. The maximum absolute atomic E-state index is 12.0. The third kappa shape index (κ3) is 4.05. The number of hydrogen-bond acceptors (Lipinski definition) is 7. The molecule has 1 saturated heterocycles. The van der Waals surface area contributed by atoms with Gasteiger partial charge in [-0.2, -0.15) is 0 Å². The van der Waals surface area contributed by atoms with Crippen LogP contribution in [-0.4, -0.2) is 53.1 Å². The molecule has 1 fully saturated rings. The molecule has 21 heavy (non-hydrogen) atoms. The predicted molar refractivity (Wildman–Crippen MR) is 79.5 cm³/mol. The van der Waals surface area contributed by atoms with E-state index in [0.717, 1.165) is 0 Å². The van der Waals surface area contributed by atoms with E-state index in [-0.39, 0.29) is 5.91 Å². The predicted octanol–water partition coefficient (Wildman–Crippen LogP) is 1.67. The van der Waals surface area contributed by atoms with Gasteiger partial charge in [0.15, 0.2) is 0 Å². The highest BCUT2D eigenvalue weighted by molar-refractivity contribution is 7.99. The van der Waals surface area contributed by atoms with Gasteiger partial charge in [-0.1, -0.05) is 17.8 Å². The van der Waals surface area contributed by atoms with E-state index < -0.39 is 0 Å². The van der Waals surface area contributed by atoms with Crippen LogP contribution in [0.1, 0.15) is 10.8 Å². The van der Waals surface area contributed by atoms with E-state index >= 15 is 0 Å². The first-order valence-electron chi connectivity index (χ1n) is 6.64. The number of ether oxygens (including phenoxy) is 1. The lowest BCUT2D eigenvalue weighted by molar-refractivity contribution is -0.132. The van der Waals surface area contributed by atoms with Crippen LogP contribution in [0.2, 0.25) is 0 Å². The average Bonchev–Trinajstić information content (AvgIpc) is 3.18. The van der Waals surface area contributed by atoms with Crippen LogP contribution < -0.4 is 0 Å². The second-order valence-corrected chi connectivity index (χ2v) is 6.46. The van der Waals surface area contributed by atoms with Crippen LogP contribution in [0.25, 0.3) is 0 Å². The molecular formula is C13H15N3O3S2. The number of rotatable bonds is 5. The van der Waals surface area contributed by atoms with Crippen molar-refractivity contribution >= 4 is 29.0 Å². The fourth-order valence-corrected chi connectivity index (χ4v) is 3.34. The van der Waals surface area contributed by atoms with Gasteiger partial charge in [0.1, 0.15) is 0 Å². The SMILES string of the molecule is O=C(CSc1nnc(Cc2cccs2)o1)N1CCOCC1. The van der Waals surface area contributed by atoms with Gasteiger partial charge < -0.3 is 14.1 Å². The van der Waals surface area contributed by atoms with Gasteiger partial charge in [0.25, 0.3) is 5.22 Å². The standard InChI is InChI=1S/C13H15N3O3S2/c17-12(16-3-5-18-6-4-16)9-21-13-15-14-11(19-13)8-10-2-1-7-20-10/h1-2,7H,3-6,8-9H2. The molecule has 3 rings (SSSR count). The average molecular weight is 325 g/mol. The maximum atomic E-state index is 12.0. The fourth-order valence-electron chi connectivity index (χ4n) is 1.96. The van der Waals surface area contributed by atoms with E-state index in [0.29, 0.717) is 49.6 Å². The second kappa shape index (κ2) is 7.06. The highest BCUT2D eigenvalue weighted by atomic mass is 32.2. The second-order valence-electron chi connectivity index (χ2n) is 4.50. The number of morpholine rings is 1. The van der Waals surface area contributed by atoms with Crippen LogP contribution in [0.3, 0.4) is 0 Å². The van der Waals surface area contributed by atoms with Crippen LogP contribution in [0.4, 0.5) is 0 Å². The Hall–Kier alpha value is -1.38. The number of thiophene rings is 1. The van der Waals surface area contributed by atoms with Crippen molar-refractivity contribution < 1.29 is 13.9 Å². The maximum Gasteiger partial charge on any atom is 0.277 e. The van der Waals surface area contributed by atoms with Crippen LogP contribution in [-0.2, 0) is 16.0 Å². The van der Waals surface area contributed by atoms with Crippen molar-refractivity contribution in [1.82, 2.24) is 15.1 Å². The molecule has 3 heterocycles. The Morgan fingerprint density at radius 1 is 1.38 bits per heavy atom. The van der Waals surface area contributed by atoms with E-state index in [9.17, 15) is 4.79 Å². The smallest absolute Gasteiger partial charge is 0.277 e. The first kappa shape index (κ1) is 14.6. The van der Waals surface area contributed by atoms with Gasteiger partial charge in [0.2, 0.25) is 11.8 Å². The van der Waals surface area contributed by atoms with Crippen molar-refractivity contribution in [2.45, 2.75) is 11.6 Å². The molecule has 112 valence electrons. The number of hydrogen-bond donors (Lipinski definition) is 0. The Morgan fingerprint density at radius 2 is 2.24 bits per heavy atom. The molecular weight excluding hydrogens is 310 g/mol. The van der Waals surface area contributed by atoms with Crippen LogP contribution in [0, 0.1) is 0 Å². The van der Waals surface area contributed by atoms with Crippen LogP contribution in [0.15, 0.2) is 27.2 Å². The Kier molecular flexibility index (Phi) is 4.89. The molecule has 0 aliphatic carbocycles. The zero-order valence-corrected chi connectivity index (χ0v) is 13.0. The highest BCUT2D eigenvalue weighted by Crippen LogP contribution is 2.20. The third-order valence-electron chi connectivity index (χ3n) is 3.04. The number of nitrogens with zero attached hydrogens (tertiary/aromatic N) is 3. The van der Waals surface area contributed by atoms with E-state index in [1.54, 1.807) is 16.2 Å². The summed E-state index contributed by atoms with van der Waals surface area (Å²) in [7, 11) is 0. The summed E-state index contributed by atoms with van der Waals surface area (Å²) in [5.74, 6) is 0.987. The van der Waals surface area contributed by atoms with Gasteiger partial charge in [-0.25, -0.2) is 0 Å². The van der Waals surface area contributed by atoms with Gasteiger partial charge in [-0.3, -0.25) is 4.79 Å². The topological polar surface area (TPSA) is 68.5 Å². The number of carbonyl (C=O) groups excluding carboxylic acids is 1. The van der Waals surface area contributed by atoms with E-state index in [2.05, 4.69) is 10.2 Å². The normalized spacial score (nSPS) is 15.3. The molecule has 0 bridgehead atoms. The summed E-state index contributed by atoms with van der Waals surface area (Å²) in [5.41, 5.74) is 0. The Morgan fingerprint density at radius 3 is 3.00 bits per heavy atom. The van der Waals surface area contributed by atoms with Gasteiger partial charge in [0, 0.05) is 18.0 Å². The zero-order chi connectivity index (χ0) is 14.5. The minimum atomic E-state index is 0.0845. The van der Waals surface area contributed by atoms with Gasteiger partial charge in [-0.15, -0.1) is 21.5 Å². The van der Waals surface area contributed by atoms with Crippen molar-refractivity contribution in [3.05, 3.63) is 28.3 Å². The van der Waals surface area contributed by atoms with Crippen LogP contribution in [0.5, 0.6) is 0 Å². The number of thioether (sulfide) groups is 1. The molecule has 0 aromatic carbocycles. The number of aromatic nitrogens is 2. The monoisotopic (exact) mass is 325 g/mol. The summed E-state index contributed by atoms with van der Waals surface area (Å²) in [6.07, 6.45) is 0.642. The van der Waals surface area contributed by atoms with Crippen molar-refractivity contribution in [2.75, 3.05) is 32.1 Å². The molecule has 0 spiro atoms. The molecule has 0 unspecified atom stereocenters. The van der Waals surface area contributed by atoms with Gasteiger partial charge >= 0.3 is 0 Å². The highest BCUT2D eigenvalue weighted by Gasteiger charge is 2.18. The van der Waals surface area contributed by atoms with Crippen molar-refractivity contribution in [1.29, 1.82) is 0 Å². The first-order valence-corrected chi connectivity index (χ1v) is 8.51. The molecule has 6 nitrogen and oxygen atoms in total. The van der Waals surface area contributed by atoms with E-state index in [4.69, 9.17) is 9.15 Å². The first-order chi connectivity index (χ1) is 10.3. The fraction of sp³-hybridized carbons (Fsp3) is 0.462. The summed E-state index contributed by atoms with van der Waals surface area (Å²) >= 11 is 2.94. The summed E-state index contributed by atoms with van der Waals surface area (Å²) < 4.78 is 10.8. The molecule has 1 amide bonds. The molecule has 2 aromatic heterocycles. The Balaban J connectivity index is 1.49.